The van der Waals surface area contributed by atoms with Gasteiger partial charge < -0.3 is 14.6 Å². The van der Waals surface area contributed by atoms with Gasteiger partial charge in [0.2, 0.25) is 0 Å². The van der Waals surface area contributed by atoms with Crippen molar-refractivity contribution in [2.24, 2.45) is 0 Å². The third kappa shape index (κ3) is 1.96. The van der Waals surface area contributed by atoms with Crippen molar-refractivity contribution in [3.63, 3.8) is 0 Å². The lowest BCUT2D eigenvalue weighted by Gasteiger charge is -2.14. The van der Waals surface area contributed by atoms with Gasteiger partial charge >= 0.3 is 0 Å². The summed E-state index contributed by atoms with van der Waals surface area (Å²) in [5.74, 6) is 0.186. The molecule has 0 saturated heterocycles. The summed E-state index contributed by atoms with van der Waals surface area (Å²) in [4.78, 5) is 0. The monoisotopic (exact) mass is 200 g/mol. The molecule has 1 rings (SSSR count). The van der Waals surface area contributed by atoms with Crippen LogP contribution in [0.1, 0.15) is 18.6 Å². The van der Waals surface area contributed by atoms with E-state index in [-0.39, 0.29) is 5.75 Å². The first-order valence-electron chi connectivity index (χ1n) is 4.19. The Labute approximate surface area is 82.1 Å². The second-order valence-corrected chi connectivity index (χ2v) is 2.91. The van der Waals surface area contributed by atoms with Crippen LogP contribution in [0.15, 0.2) is 12.1 Å². The molecular weight excluding hydrogens is 187 g/mol. The van der Waals surface area contributed by atoms with Gasteiger partial charge in [-0.3, -0.25) is 0 Å². The predicted octanol–water partition coefficient (Wildman–Crippen LogP) is 1.90. The van der Waals surface area contributed by atoms with Gasteiger partial charge in [-0.2, -0.15) is 0 Å². The molecule has 1 aromatic rings. The van der Waals surface area contributed by atoms with Crippen LogP contribution in [0.25, 0.3) is 0 Å². The molecule has 3 nitrogen and oxygen atoms in total. The predicted molar refractivity (Wildman–Crippen MR) is 50.1 cm³/mol. The second-order valence-electron chi connectivity index (χ2n) is 2.91. The van der Waals surface area contributed by atoms with Gasteiger partial charge in [0.15, 0.2) is 11.5 Å². The van der Waals surface area contributed by atoms with E-state index in [9.17, 15) is 9.50 Å². The number of benzene rings is 1. The molecule has 1 aromatic carbocycles. The van der Waals surface area contributed by atoms with Crippen LogP contribution in [0, 0.1) is 5.82 Å². The Kier molecular flexibility index (Phi) is 3.30. The van der Waals surface area contributed by atoms with Crippen molar-refractivity contribution in [3.8, 4) is 11.5 Å². The smallest absolute Gasteiger partial charge is 0.166 e. The molecule has 0 saturated carbocycles. The van der Waals surface area contributed by atoms with E-state index in [1.165, 1.54) is 33.3 Å². The minimum Gasteiger partial charge on any atom is -0.493 e. The number of aliphatic hydroxyl groups excluding tert-OH is 1. The van der Waals surface area contributed by atoms with Crippen LogP contribution in [-0.2, 0) is 0 Å². The minimum absolute atomic E-state index is 0.281. The molecule has 0 radical (unpaired) electrons. The molecule has 0 bridgehead atoms. The van der Waals surface area contributed by atoms with Crippen molar-refractivity contribution in [2.45, 2.75) is 13.0 Å². The number of aliphatic hydroxyl groups is 1. The van der Waals surface area contributed by atoms with Gasteiger partial charge in [-0.25, -0.2) is 4.39 Å². The minimum atomic E-state index is -0.797. The van der Waals surface area contributed by atoms with E-state index in [4.69, 9.17) is 9.47 Å². The number of hydrogen-bond donors (Lipinski definition) is 1. The van der Waals surface area contributed by atoms with Gasteiger partial charge in [-0.1, -0.05) is 0 Å². The van der Waals surface area contributed by atoms with Crippen molar-refractivity contribution in [3.05, 3.63) is 23.5 Å². The average molecular weight is 200 g/mol. The van der Waals surface area contributed by atoms with E-state index in [0.717, 1.165) is 0 Å². The molecule has 1 unspecified atom stereocenters. The van der Waals surface area contributed by atoms with Crippen LogP contribution in [0.5, 0.6) is 11.5 Å². The summed E-state index contributed by atoms with van der Waals surface area (Å²) in [5, 5.41) is 9.38. The lowest BCUT2D eigenvalue weighted by Crippen LogP contribution is -2.00. The highest BCUT2D eigenvalue weighted by atomic mass is 19.1. The number of halogens is 1. The molecule has 0 aliphatic carbocycles. The average Bonchev–Trinajstić information content (AvgIpc) is 2.16. The van der Waals surface area contributed by atoms with Crippen molar-refractivity contribution in [2.75, 3.05) is 14.2 Å². The second kappa shape index (κ2) is 4.28. The normalized spacial score (nSPS) is 12.4. The van der Waals surface area contributed by atoms with Crippen molar-refractivity contribution in [1.82, 2.24) is 0 Å². The molecule has 0 fully saturated rings. The first-order chi connectivity index (χ1) is 6.60. The fourth-order valence-corrected chi connectivity index (χ4v) is 1.27. The fraction of sp³-hybridized carbons (Fsp3) is 0.400. The first-order valence-corrected chi connectivity index (χ1v) is 4.19. The molecule has 0 heterocycles. The Balaban J connectivity index is 3.31. The van der Waals surface area contributed by atoms with Gasteiger partial charge in [0.25, 0.3) is 0 Å². The van der Waals surface area contributed by atoms with Gasteiger partial charge in [0.05, 0.1) is 20.3 Å². The Bertz CT molecular complexity index is 323. The topological polar surface area (TPSA) is 38.7 Å². The molecule has 0 spiro atoms. The summed E-state index contributed by atoms with van der Waals surface area (Å²) in [7, 11) is 2.87. The number of hydrogen-bond acceptors (Lipinski definition) is 3. The fourth-order valence-electron chi connectivity index (χ4n) is 1.27. The van der Waals surface area contributed by atoms with Crippen LogP contribution in [0.2, 0.25) is 0 Å². The zero-order valence-electron chi connectivity index (χ0n) is 8.37. The lowest BCUT2D eigenvalue weighted by molar-refractivity contribution is 0.192. The van der Waals surface area contributed by atoms with Crippen LogP contribution in [0.4, 0.5) is 4.39 Å². The summed E-state index contributed by atoms with van der Waals surface area (Å²) in [5.41, 5.74) is 0.379. The van der Waals surface area contributed by atoms with Crippen LogP contribution in [-0.4, -0.2) is 19.3 Å². The first kappa shape index (κ1) is 10.8. The van der Waals surface area contributed by atoms with Crippen molar-refractivity contribution in [1.29, 1.82) is 0 Å². The highest BCUT2D eigenvalue weighted by Gasteiger charge is 2.15. The van der Waals surface area contributed by atoms with E-state index in [1.807, 2.05) is 0 Å². The molecule has 78 valence electrons. The van der Waals surface area contributed by atoms with Crippen LogP contribution < -0.4 is 9.47 Å². The van der Waals surface area contributed by atoms with Crippen molar-refractivity contribution >= 4 is 0 Å². The number of rotatable bonds is 3. The third-order valence-electron chi connectivity index (χ3n) is 1.92. The number of methoxy groups -OCH3 is 2. The number of ether oxygens (including phenoxy) is 2. The van der Waals surface area contributed by atoms with Crippen molar-refractivity contribution < 1.29 is 19.0 Å². The Morgan fingerprint density at radius 2 is 1.93 bits per heavy atom. The molecule has 0 aliphatic rings. The Hall–Kier alpha value is -1.29. The van der Waals surface area contributed by atoms with E-state index in [0.29, 0.717) is 11.3 Å². The molecular formula is C10H13FO3. The molecule has 0 aromatic heterocycles. The van der Waals surface area contributed by atoms with E-state index >= 15 is 0 Å². The molecule has 1 N–H and O–H groups in total. The van der Waals surface area contributed by atoms with Gasteiger partial charge in [-0.15, -0.1) is 0 Å². The zero-order chi connectivity index (χ0) is 10.7. The zero-order valence-corrected chi connectivity index (χ0v) is 8.37. The quantitative estimate of drug-likeness (QED) is 0.809. The highest BCUT2D eigenvalue weighted by molar-refractivity contribution is 5.47. The Morgan fingerprint density at radius 3 is 2.36 bits per heavy atom. The standard InChI is InChI=1S/C10H13FO3/c1-6(12)8-4-7(11)5-9(13-2)10(8)14-3/h4-6,12H,1-3H3. The SMILES string of the molecule is COc1cc(F)cc(C(C)O)c1OC. The third-order valence-corrected chi connectivity index (χ3v) is 1.92. The molecule has 0 amide bonds. The largest absolute Gasteiger partial charge is 0.493 e. The molecule has 14 heavy (non-hydrogen) atoms. The lowest BCUT2D eigenvalue weighted by atomic mass is 10.1. The summed E-state index contributed by atoms with van der Waals surface area (Å²) in [6.07, 6.45) is -0.797. The van der Waals surface area contributed by atoms with E-state index in [1.54, 1.807) is 0 Å². The summed E-state index contributed by atoms with van der Waals surface area (Å²) < 4.78 is 23.0. The maximum Gasteiger partial charge on any atom is 0.166 e. The van der Waals surface area contributed by atoms with Gasteiger partial charge in [-0.05, 0) is 13.0 Å². The maximum atomic E-state index is 13.0. The summed E-state index contributed by atoms with van der Waals surface area (Å²) in [6, 6.07) is 2.44. The van der Waals surface area contributed by atoms with Crippen LogP contribution >= 0.6 is 0 Å². The molecule has 1 atom stereocenters. The summed E-state index contributed by atoms with van der Waals surface area (Å²) >= 11 is 0. The van der Waals surface area contributed by atoms with Gasteiger partial charge in [0, 0.05) is 11.6 Å². The van der Waals surface area contributed by atoms with E-state index in [2.05, 4.69) is 0 Å². The molecule has 4 heteroatoms. The molecule has 0 aliphatic heterocycles. The Morgan fingerprint density at radius 1 is 1.29 bits per heavy atom. The van der Waals surface area contributed by atoms with Crippen LogP contribution in [0.3, 0.4) is 0 Å². The highest BCUT2D eigenvalue weighted by Crippen LogP contribution is 2.35. The maximum absolute atomic E-state index is 13.0. The van der Waals surface area contributed by atoms with Gasteiger partial charge in [0.1, 0.15) is 5.82 Å². The summed E-state index contributed by atoms with van der Waals surface area (Å²) in [6.45, 7) is 1.54. The van der Waals surface area contributed by atoms with E-state index < -0.39 is 11.9 Å².